The summed E-state index contributed by atoms with van der Waals surface area (Å²) in [5.41, 5.74) is 22.4. The molecule has 0 bridgehead atoms. The Labute approximate surface area is 431 Å². The Kier molecular flexibility index (Phi) is 8.95. The van der Waals surface area contributed by atoms with E-state index in [1.807, 2.05) is 11.3 Å². The van der Waals surface area contributed by atoms with Gasteiger partial charge in [-0.25, -0.2) is 0 Å². The van der Waals surface area contributed by atoms with Crippen LogP contribution in [0.2, 0.25) is 0 Å². The van der Waals surface area contributed by atoms with E-state index in [0.29, 0.717) is 0 Å². The molecule has 4 heterocycles. The molecule has 2 aromatic heterocycles. The Hall–Kier alpha value is -5.96. The second-order valence-electron chi connectivity index (χ2n) is 26.6. The van der Waals surface area contributed by atoms with E-state index < -0.39 is 0 Å². The minimum Gasteiger partial charge on any atom is -0.456 e. The highest BCUT2D eigenvalue weighted by atomic mass is 32.1. The highest BCUT2D eigenvalue weighted by molar-refractivity contribution is 7.26. The monoisotopic (exact) mass is 959 g/mol. The average molecular weight is 959 g/mol. The molecular formula is C67H67BN2OS. The average Bonchev–Trinajstić information content (AvgIpc) is 3.82. The van der Waals surface area contributed by atoms with Crippen LogP contribution < -0.4 is 20.6 Å². The SMILES string of the molecule is CC1(C)CCC(C)(C)C2=C1C=C(N1c3c4c(cc5c3sc3ccccc35)-c3cc5c(cc3N(c3ccc6c(c3)C(C)(C)CCC6(C)C)B4c3ccc4oc6ccccc6c4c31)C(C)(C)CCC5(C)C)C#CC2. The lowest BCUT2D eigenvalue weighted by Gasteiger charge is -2.49. The summed E-state index contributed by atoms with van der Waals surface area (Å²) in [5.74, 6) is 7.82. The largest absolute Gasteiger partial charge is 0.456 e. The standard InChI is InChI=1S/C67H67BN2OS/c1-62(2)28-30-64(5,6)48-34-39(18-17-21-46(48)62)69-59-52(26-27-55-57(59)42-20-13-15-22-54(42)71-55)68-58-44(36-45-41-19-14-16-23-56(41)72-61(45)60(58)69)43-37-50-51(67(11,12)33-32-66(50,9)10)38-53(43)70(68)40-24-25-47-49(35-40)65(7,8)31-29-63(47,3)4/h13-16,19-20,22-27,34-38H,21,28-33H2,1-12H3. The van der Waals surface area contributed by atoms with Gasteiger partial charge in [0.1, 0.15) is 11.2 Å². The Morgan fingerprint density at radius 2 is 1.19 bits per heavy atom. The number of allylic oxidation sites excluding steroid dienone is 4. The lowest BCUT2D eigenvalue weighted by Crippen LogP contribution is -2.62. The van der Waals surface area contributed by atoms with Crippen LogP contribution in [0.3, 0.4) is 0 Å². The number of hydrogen-bond donors (Lipinski definition) is 0. The van der Waals surface area contributed by atoms with Crippen LogP contribution in [0.5, 0.6) is 0 Å². The first kappa shape index (κ1) is 44.7. The number of furan rings is 1. The smallest absolute Gasteiger partial charge is 0.333 e. The predicted molar refractivity (Wildman–Crippen MR) is 309 cm³/mol. The van der Waals surface area contributed by atoms with Crippen LogP contribution in [-0.4, -0.2) is 6.85 Å². The summed E-state index contributed by atoms with van der Waals surface area (Å²) in [6.07, 6.45) is 10.3. The molecule has 0 atom stereocenters. The summed E-state index contributed by atoms with van der Waals surface area (Å²) in [4.78, 5) is 5.47. The third-order valence-corrected chi connectivity index (χ3v) is 20.6. The van der Waals surface area contributed by atoms with Gasteiger partial charge in [-0.2, -0.15) is 0 Å². The van der Waals surface area contributed by atoms with Crippen molar-refractivity contribution in [1.82, 2.24) is 0 Å². The molecule has 3 nitrogen and oxygen atoms in total. The highest BCUT2D eigenvalue weighted by Crippen LogP contribution is 2.58. The minimum absolute atomic E-state index is 0.00739. The molecule has 72 heavy (non-hydrogen) atoms. The number of nitrogens with zero attached hydrogens (tertiary/aromatic N) is 2. The molecule has 0 radical (unpaired) electrons. The van der Waals surface area contributed by atoms with Gasteiger partial charge in [-0.3, -0.25) is 0 Å². The molecule has 0 spiro atoms. The van der Waals surface area contributed by atoms with Crippen LogP contribution in [0, 0.1) is 22.7 Å². The molecule has 4 aliphatic carbocycles. The third-order valence-electron chi connectivity index (χ3n) is 19.4. The van der Waals surface area contributed by atoms with Crippen molar-refractivity contribution in [3.05, 3.63) is 142 Å². The van der Waals surface area contributed by atoms with Gasteiger partial charge in [0.2, 0.25) is 0 Å². The Morgan fingerprint density at radius 3 is 1.94 bits per heavy atom. The normalized spacial score (nSPS) is 21.3. The van der Waals surface area contributed by atoms with Gasteiger partial charge in [0.05, 0.1) is 27.2 Å². The fourth-order valence-electron chi connectivity index (χ4n) is 14.6. The maximum atomic E-state index is 6.93. The summed E-state index contributed by atoms with van der Waals surface area (Å²) < 4.78 is 9.56. The summed E-state index contributed by atoms with van der Waals surface area (Å²) in [7, 11) is 0. The van der Waals surface area contributed by atoms with Crippen molar-refractivity contribution >= 4 is 94.0 Å². The first-order valence-corrected chi connectivity index (χ1v) is 27.8. The number of rotatable bonds is 2. The number of hydrogen-bond acceptors (Lipinski definition) is 4. The number of para-hydroxylation sites is 1. The Balaban J connectivity index is 1.19. The van der Waals surface area contributed by atoms with E-state index in [-0.39, 0.29) is 39.3 Å². The third kappa shape index (κ3) is 6.05. The molecule has 6 aromatic carbocycles. The van der Waals surface area contributed by atoms with Gasteiger partial charge >= 0.3 is 6.85 Å². The van der Waals surface area contributed by atoms with Gasteiger partial charge < -0.3 is 14.1 Å². The summed E-state index contributed by atoms with van der Waals surface area (Å²) >= 11 is 1.95. The molecule has 0 N–H and O–H groups in total. The maximum Gasteiger partial charge on any atom is 0.333 e. The van der Waals surface area contributed by atoms with Crippen molar-refractivity contribution in [1.29, 1.82) is 0 Å². The molecule has 14 rings (SSSR count). The number of thiophene rings is 1. The number of fused-ring (bicyclic) bond motifs is 14. The second-order valence-corrected chi connectivity index (χ2v) is 27.6. The van der Waals surface area contributed by atoms with Gasteiger partial charge in [0.25, 0.3) is 0 Å². The van der Waals surface area contributed by atoms with Crippen LogP contribution >= 0.6 is 11.3 Å². The summed E-state index contributed by atoms with van der Waals surface area (Å²) in [6, 6.07) is 38.1. The zero-order valence-electron chi connectivity index (χ0n) is 44.6. The zero-order chi connectivity index (χ0) is 49.8. The molecule has 0 saturated heterocycles. The quantitative estimate of drug-likeness (QED) is 0.127. The number of benzene rings is 6. The Bertz CT molecular complexity index is 3890. The second kappa shape index (κ2) is 14.4. The van der Waals surface area contributed by atoms with Crippen molar-refractivity contribution in [3.63, 3.8) is 0 Å². The fraction of sp³-hybridized carbons (Fsp3) is 0.373. The van der Waals surface area contributed by atoms with Crippen molar-refractivity contribution in [2.75, 3.05) is 9.71 Å². The van der Waals surface area contributed by atoms with Crippen LogP contribution in [0.1, 0.15) is 150 Å². The first-order valence-electron chi connectivity index (χ1n) is 27.0. The van der Waals surface area contributed by atoms with E-state index in [0.717, 1.165) is 59.7 Å². The van der Waals surface area contributed by atoms with Gasteiger partial charge in [0, 0.05) is 44.2 Å². The van der Waals surface area contributed by atoms with Crippen LogP contribution in [-0.2, 0) is 21.7 Å². The van der Waals surface area contributed by atoms with E-state index >= 15 is 0 Å². The molecular weight excluding hydrogens is 892 g/mol. The molecule has 0 amide bonds. The lowest BCUT2D eigenvalue weighted by molar-refractivity contribution is 0.264. The highest BCUT2D eigenvalue weighted by Gasteiger charge is 2.50. The molecule has 0 unspecified atom stereocenters. The molecule has 360 valence electrons. The topological polar surface area (TPSA) is 19.6 Å². The summed E-state index contributed by atoms with van der Waals surface area (Å²) in [5, 5.41) is 4.93. The van der Waals surface area contributed by atoms with E-state index in [1.165, 1.54) is 111 Å². The molecule has 5 heteroatoms. The van der Waals surface area contributed by atoms with Crippen LogP contribution in [0.25, 0.3) is 53.2 Å². The van der Waals surface area contributed by atoms with Gasteiger partial charge in [-0.15, -0.1) is 11.3 Å². The minimum atomic E-state index is -0.156. The lowest BCUT2D eigenvalue weighted by atomic mass is 9.43. The van der Waals surface area contributed by atoms with E-state index in [1.54, 1.807) is 0 Å². The fourth-order valence-corrected chi connectivity index (χ4v) is 15.9. The molecule has 0 saturated carbocycles. The van der Waals surface area contributed by atoms with Crippen molar-refractivity contribution in [2.45, 2.75) is 150 Å². The van der Waals surface area contributed by atoms with Crippen molar-refractivity contribution < 1.29 is 4.42 Å². The first-order chi connectivity index (χ1) is 34.2. The van der Waals surface area contributed by atoms with E-state index in [2.05, 4.69) is 208 Å². The molecule has 0 fully saturated rings. The van der Waals surface area contributed by atoms with E-state index in [9.17, 15) is 0 Å². The number of anilines is 4. The predicted octanol–water partition coefficient (Wildman–Crippen LogP) is 17.5. The zero-order valence-corrected chi connectivity index (χ0v) is 45.4. The molecule has 8 aromatic rings. The van der Waals surface area contributed by atoms with Gasteiger partial charge in [-0.1, -0.05) is 138 Å². The summed E-state index contributed by atoms with van der Waals surface area (Å²) in [6.45, 7) is 29.5. The molecule has 2 aliphatic heterocycles. The van der Waals surface area contributed by atoms with Gasteiger partial charge in [0.15, 0.2) is 0 Å². The Morgan fingerprint density at radius 1 is 0.556 bits per heavy atom. The van der Waals surface area contributed by atoms with Crippen LogP contribution in [0.15, 0.2) is 124 Å². The maximum absolute atomic E-state index is 6.93. The van der Waals surface area contributed by atoms with Crippen LogP contribution in [0.4, 0.5) is 22.7 Å². The van der Waals surface area contributed by atoms with Crippen molar-refractivity contribution in [3.8, 4) is 23.0 Å². The van der Waals surface area contributed by atoms with Crippen molar-refractivity contribution in [2.24, 2.45) is 10.8 Å². The van der Waals surface area contributed by atoms with E-state index in [4.69, 9.17) is 4.42 Å². The molecule has 6 aliphatic rings. The van der Waals surface area contributed by atoms with Gasteiger partial charge in [-0.05, 0) is 181 Å².